The van der Waals surface area contributed by atoms with Gasteiger partial charge in [0.1, 0.15) is 17.7 Å². The number of hydrogen-bond acceptors (Lipinski definition) is 5. The Hall–Kier alpha value is -3.47. The van der Waals surface area contributed by atoms with Gasteiger partial charge in [0.25, 0.3) is 5.91 Å². The maximum atomic E-state index is 15.0. The number of carbonyl (C=O) groups is 1. The second-order valence-electron chi connectivity index (χ2n) is 7.49. The molecule has 0 aliphatic carbocycles. The molecule has 1 amide bonds. The number of ether oxygens (including phenoxy) is 1. The number of rotatable bonds is 6. The number of benzene rings is 2. The van der Waals surface area contributed by atoms with Crippen molar-refractivity contribution in [3.63, 3.8) is 0 Å². The molecule has 0 bridgehead atoms. The first-order valence-corrected chi connectivity index (χ1v) is 9.91. The Morgan fingerprint density at radius 1 is 1.21 bits per heavy atom. The van der Waals surface area contributed by atoms with Crippen molar-refractivity contribution in [1.29, 1.82) is 0 Å². The summed E-state index contributed by atoms with van der Waals surface area (Å²) in [6.45, 7) is 3.94. The van der Waals surface area contributed by atoms with Gasteiger partial charge in [-0.2, -0.15) is 18.3 Å². The van der Waals surface area contributed by atoms with Crippen molar-refractivity contribution in [2.45, 2.75) is 39.2 Å². The van der Waals surface area contributed by atoms with Crippen molar-refractivity contribution in [2.24, 2.45) is 7.05 Å². The number of halogens is 4. The van der Waals surface area contributed by atoms with E-state index in [2.05, 4.69) is 15.4 Å². The van der Waals surface area contributed by atoms with E-state index in [1.54, 1.807) is 31.2 Å². The number of aliphatic hydroxyl groups is 1. The summed E-state index contributed by atoms with van der Waals surface area (Å²) in [5.74, 6) is -2.34. The van der Waals surface area contributed by atoms with Crippen LogP contribution in [0.2, 0.25) is 0 Å². The number of carbonyl (C=O) groups excluding carboxylic acids is 1. The highest BCUT2D eigenvalue weighted by Gasteiger charge is 2.39. The Morgan fingerprint density at radius 2 is 1.88 bits per heavy atom. The average Bonchev–Trinajstić information content (AvgIpc) is 3.11. The van der Waals surface area contributed by atoms with Crippen molar-refractivity contribution in [3.05, 3.63) is 59.2 Å². The minimum Gasteiger partial charge on any atom is -0.480 e. The van der Waals surface area contributed by atoms with Crippen LogP contribution in [0.4, 0.5) is 23.2 Å². The van der Waals surface area contributed by atoms with E-state index in [0.29, 0.717) is 11.3 Å². The monoisotopic (exact) mass is 466 g/mol. The number of nitrogens with zero attached hydrogens (tertiary/aromatic N) is 3. The molecule has 0 saturated carbocycles. The van der Waals surface area contributed by atoms with Crippen molar-refractivity contribution < 1.29 is 32.2 Å². The summed E-state index contributed by atoms with van der Waals surface area (Å²) >= 11 is 0. The van der Waals surface area contributed by atoms with E-state index in [1.165, 1.54) is 18.7 Å². The molecule has 0 aliphatic heterocycles. The molecule has 2 aromatic carbocycles. The van der Waals surface area contributed by atoms with Crippen LogP contribution in [0.25, 0.3) is 11.4 Å². The van der Waals surface area contributed by atoms with Crippen molar-refractivity contribution >= 4 is 11.6 Å². The highest BCUT2D eigenvalue weighted by molar-refractivity contribution is 6.07. The van der Waals surface area contributed by atoms with Crippen LogP contribution in [0.3, 0.4) is 0 Å². The van der Waals surface area contributed by atoms with E-state index in [9.17, 15) is 27.5 Å². The molecule has 0 saturated heterocycles. The fourth-order valence-electron chi connectivity index (χ4n) is 3.03. The summed E-state index contributed by atoms with van der Waals surface area (Å²) < 4.78 is 60.7. The first-order chi connectivity index (χ1) is 15.4. The zero-order chi connectivity index (χ0) is 24.5. The molecule has 0 spiro atoms. The largest absolute Gasteiger partial charge is 0.480 e. The fraction of sp³-hybridized carbons (Fsp3) is 0.318. The zero-order valence-electron chi connectivity index (χ0n) is 18.2. The number of nitrogens with one attached hydrogen (secondary N) is 1. The highest BCUT2D eigenvalue weighted by atomic mass is 19.4. The molecule has 0 aliphatic rings. The van der Waals surface area contributed by atoms with E-state index in [0.717, 1.165) is 19.1 Å². The maximum Gasteiger partial charge on any atom is 0.425 e. The molecule has 0 fully saturated rings. The topological polar surface area (TPSA) is 89.3 Å². The van der Waals surface area contributed by atoms with Crippen LogP contribution < -0.4 is 10.1 Å². The summed E-state index contributed by atoms with van der Waals surface area (Å²) in [5, 5.41) is 16.3. The predicted octanol–water partition coefficient (Wildman–Crippen LogP) is 4.56. The number of aryl methyl sites for hydroxylation is 2. The second-order valence-corrected chi connectivity index (χ2v) is 7.49. The fourth-order valence-corrected chi connectivity index (χ4v) is 3.03. The van der Waals surface area contributed by atoms with Gasteiger partial charge in [0, 0.05) is 12.7 Å². The lowest BCUT2D eigenvalue weighted by molar-refractivity contribution is -0.189. The average molecular weight is 466 g/mol. The van der Waals surface area contributed by atoms with Crippen LogP contribution in [0.15, 0.2) is 36.4 Å². The SMILES string of the molecule is Cc1ccccc1NC(=O)c1cc(F)c(-c2nc([C@H](C)O)n(C)n2)cc1O[C@@H](C)C(F)(F)F. The minimum absolute atomic E-state index is 0.122. The summed E-state index contributed by atoms with van der Waals surface area (Å²) in [7, 11) is 1.48. The van der Waals surface area contributed by atoms with Gasteiger partial charge in [0.05, 0.1) is 11.1 Å². The number of aromatic nitrogens is 3. The number of amides is 1. The first-order valence-electron chi connectivity index (χ1n) is 9.91. The Morgan fingerprint density at radius 3 is 2.45 bits per heavy atom. The van der Waals surface area contributed by atoms with Gasteiger partial charge in [-0.3, -0.25) is 9.48 Å². The Balaban J connectivity index is 2.08. The van der Waals surface area contributed by atoms with Crippen LogP contribution in [-0.4, -0.2) is 38.1 Å². The molecule has 3 aromatic rings. The Bertz CT molecular complexity index is 1170. The van der Waals surface area contributed by atoms with E-state index in [-0.39, 0.29) is 17.2 Å². The summed E-state index contributed by atoms with van der Waals surface area (Å²) in [5.41, 5.74) is 0.406. The molecule has 2 N–H and O–H groups in total. The molecule has 176 valence electrons. The molecule has 33 heavy (non-hydrogen) atoms. The van der Waals surface area contributed by atoms with Gasteiger partial charge in [0.2, 0.25) is 0 Å². The van der Waals surface area contributed by atoms with Gasteiger partial charge in [-0.1, -0.05) is 18.2 Å². The molecule has 1 heterocycles. The van der Waals surface area contributed by atoms with E-state index < -0.39 is 41.4 Å². The molecule has 7 nitrogen and oxygen atoms in total. The molecule has 0 radical (unpaired) electrons. The van der Waals surface area contributed by atoms with E-state index in [1.807, 2.05) is 0 Å². The molecule has 2 atom stereocenters. The van der Waals surface area contributed by atoms with Gasteiger partial charge >= 0.3 is 6.18 Å². The third-order valence-corrected chi connectivity index (χ3v) is 4.88. The van der Waals surface area contributed by atoms with E-state index >= 15 is 0 Å². The Kier molecular flexibility index (Phi) is 6.73. The predicted molar refractivity (Wildman–Crippen MR) is 112 cm³/mol. The highest BCUT2D eigenvalue weighted by Crippen LogP contribution is 2.33. The number of para-hydroxylation sites is 1. The second kappa shape index (κ2) is 9.18. The lowest BCUT2D eigenvalue weighted by Gasteiger charge is -2.20. The molecule has 3 rings (SSSR count). The summed E-state index contributed by atoms with van der Waals surface area (Å²) in [6, 6.07) is 8.48. The summed E-state index contributed by atoms with van der Waals surface area (Å²) in [6.07, 6.45) is -8.01. The van der Waals surface area contributed by atoms with Gasteiger partial charge in [-0.05, 0) is 44.5 Å². The quantitative estimate of drug-likeness (QED) is 0.520. The molecular formula is C22H22F4N4O3. The Labute approximate surface area is 187 Å². The normalized spacial score (nSPS) is 13.5. The zero-order valence-corrected chi connectivity index (χ0v) is 18.2. The molecule has 11 heteroatoms. The number of aliphatic hydroxyl groups excluding tert-OH is 1. The summed E-state index contributed by atoms with van der Waals surface area (Å²) in [4.78, 5) is 16.9. The number of anilines is 1. The van der Waals surface area contributed by atoms with Gasteiger partial charge < -0.3 is 15.2 Å². The van der Waals surface area contributed by atoms with Crippen molar-refractivity contribution in [3.8, 4) is 17.1 Å². The van der Waals surface area contributed by atoms with Crippen LogP contribution in [0.5, 0.6) is 5.75 Å². The van der Waals surface area contributed by atoms with Crippen LogP contribution in [0, 0.1) is 12.7 Å². The number of alkyl halides is 3. The van der Waals surface area contributed by atoms with Crippen LogP contribution in [0.1, 0.15) is 41.7 Å². The maximum absolute atomic E-state index is 15.0. The molecule has 0 unspecified atom stereocenters. The van der Waals surface area contributed by atoms with Gasteiger partial charge in [0.15, 0.2) is 17.8 Å². The van der Waals surface area contributed by atoms with Crippen LogP contribution in [-0.2, 0) is 7.05 Å². The van der Waals surface area contributed by atoms with Gasteiger partial charge in [-0.15, -0.1) is 0 Å². The number of hydrogen-bond donors (Lipinski definition) is 2. The first kappa shape index (κ1) is 24.2. The third-order valence-electron chi connectivity index (χ3n) is 4.88. The van der Waals surface area contributed by atoms with Crippen molar-refractivity contribution in [1.82, 2.24) is 14.8 Å². The van der Waals surface area contributed by atoms with Crippen molar-refractivity contribution in [2.75, 3.05) is 5.32 Å². The third kappa shape index (κ3) is 5.30. The smallest absolute Gasteiger partial charge is 0.425 e. The lowest BCUT2D eigenvalue weighted by atomic mass is 10.1. The minimum atomic E-state index is -4.72. The van der Waals surface area contributed by atoms with E-state index in [4.69, 9.17) is 4.74 Å². The lowest BCUT2D eigenvalue weighted by Crippen LogP contribution is -2.32. The molecule has 1 aromatic heterocycles. The van der Waals surface area contributed by atoms with Crippen LogP contribution >= 0.6 is 0 Å². The standard InChI is InChI=1S/C22H22F4N4O3/c1-11-7-5-6-8-17(11)27-21(32)15-9-16(23)14(10-18(15)33-13(3)22(24,25)26)19-28-20(12(2)31)30(4)29-19/h5-10,12-13,31H,1-4H3,(H,27,32)/t12-,13-/m0/s1. The van der Waals surface area contributed by atoms with Gasteiger partial charge in [-0.25, -0.2) is 9.37 Å². The molecular weight excluding hydrogens is 444 g/mol.